The van der Waals surface area contributed by atoms with Crippen molar-refractivity contribution < 1.29 is 13.9 Å². The van der Waals surface area contributed by atoms with Crippen LogP contribution < -0.4 is 4.74 Å². The van der Waals surface area contributed by atoms with Crippen molar-refractivity contribution in [2.75, 3.05) is 27.2 Å². The summed E-state index contributed by atoms with van der Waals surface area (Å²) in [5.74, 6) is 1.82. The summed E-state index contributed by atoms with van der Waals surface area (Å²) >= 11 is 0. The van der Waals surface area contributed by atoms with Crippen LogP contribution in [0.25, 0.3) is 10.9 Å². The Morgan fingerprint density at radius 2 is 2.32 bits per heavy atom. The maximum Gasteiger partial charge on any atom is 0.227 e. The first-order chi connectivity index (χ1) is 13.5. The number of nitrogens with one attached hydrogen (secondary N) is 1. The van der Waals surface area contributed by atoms with Gasteiger partial charge in [0.1, 0.15) is 11.5 Å². The van der Waals surface area contributed by atoms with E-state index in [0.717, 1.165) is 59.7 Å². The molecule has 148 valence electrons. The molecule has 2 aromatic heterocycles. The third-order valence-corrected chi connectivity index (χ3v) is 5.70. The number of amides is 1. The Morgan fingerprint density at radius 1 is 1.46 bits per heavy atom. The fraction of sp³-hybridized carbons (Fsp3) is 0.429. The van der Waals surface area contributed by atoms with E-state index in [1.54, 1.807) is 7.11 Å². The first-order valence-electron chi connectivity index (χ1n) is 9.56. The first-order valence-corrected chi connectivity index (χ1v) is 9.56. The van der Waals surface area contributed by atoms with E-state index in [2.05, 4.69) is 21.9 Å². The van der Waals surface area contributed by atoms with Gasteiger partial charge in [-0.15, -0.1) is 0 Å². The third kappa shape index (κ3) is 3.62. The van der Waals surface area contributed by atoms with Crippen molar-refractivity contribution >= 4 is 16.8 Å². The molecular formula is C21H26N4O3. The van der Waals surface area contributed by atoms with Gasteiger partial charge in [-0.3, -0.25) is 9.69 Å². The van der Waals surface area contributed by atoms with Crippen molar-refractivity contribution in [1.29, 1.82) is 0 Å². The van der Waals surface area contributed by atoms with Gasteiger partial charge in [0.15, 0.2) is 6.39 Å². The Morgan fingerprint density at radius 3 is 3.07 bits per heavy atom. The van der Waals surface area contributed by atoms with Crippen molar-refractivity contribution in [3.63, 3.8) is 0 Å². The van der Waals surface area contributed by atoms with E-state index in [-0.39, 0.29) is 5.91 Å². The van der Waals surface area contributed by atoms with Gasteiger partial charge in [-0.1, -0.05) is 0 Å². The number of benzene rings is 1. The van der Waals surface area contributed by atoms with Crippen molar-refractivity contribution in [3.05, 3.63) is 47.8 Å². The minimum absolute atomic E-state index is 0.164. The number of likely N-dealkylation sites (tertiary alicyclic amines) is 1. The lowest BCUT2D eigenvalue weighted by molar-refractivity contribution is -0.129. The van der Waals surface area contributed by atoms with Gasteiger partial charge in [0, 0.05) is 42.8 Å². The maximum absolute atomic E-state index is 12.9. The van der Waals surface area contributed by atoms with E-state index >= 15 is 0 Å². The maximum atomic E-state index is 12.9. The fourth-order valence-electron chi connectivity index (χ4n) is 3.88. The van der Waals surface area contributed by atoms with Crippen LogP contribution in [0.5, 0.6) is 5.75 Å². The molecule has 0 radical (unpaired) electrons. The summed E-state index contributed by atoms with van der Waals surface area (Å²) in [6.07, 6.45) is 4.78. The first kappa shape index (κ1) is 18.6. The summed E-state index contributed by atoms with van der Waals surface area (Å²) in [6.45, 7) is 4.20. The van der Waals surface area contributed by atoms with Gasteiger partial charge in [0.05, 0.1) is 19.2 Å². The normalized spacial score (nSPS) is 17.0. The van der Waals surface area contributed by atoms with Gasteiger partial charge in [0.25, 0.3) is 0 Å². The highest BCUT2D eigenvalue weighted by atomic mass is 16.5. The number of nitrogens with zero attached hydrogens (tertiary/aromatic N) is 3. The van der Waals surface area contributed by atoms with E-state index in [1.165, 1.54) is 6.39 Å². The number of carbonyl (C=O) groups is 1. The Hall–Kier alpha value is -2.80. The topological polar surface area (TPSA) is 74.6 Å². The highest BCUT2D eigenvalue weighted by Crippen LogP contribution is 2.25. The van der Waals surface area contributed by atoms with Gasteiger partial charge < -0.3 is 19.0 Å². The van der Waals surface area contributed by atoms with E-state index in [9.17, 15) is 4.79 Å². The van der Waals surface area contributed by atoms with Crippen LogP contribution in [0.3, 0.4) is 0 Å². The summed E-state index contributed by atoms with van der Waals surface area (Å²) in [5.41, 5.74) is 2.99. The van der Waals surface area contributed by atoms with Gasteiger partial charge in [-0.2, -0.15) is 0 Å². The highest BCUT2D eigenvalue weighted by Gasteiger charge is 2.29. The molecule has 28 heavy (non-hydrogen) atoms. The molecule has 1 aromatic carbocycles. The monoisotopic (exact) mass is 382 g/mol. The molecule has 7 nitrogen and oxygen atoms in total. The fourth-order valence-corrected chi connectivity index (χ4v) is 3.88. The number of fused-ring (bicyclic) bond motifs is 1. The quantitative estimate of drug-likeness (QED) is 0.710. The van der Waals surface area contributed by atoms with Crippen LogP contribution in [0.2, 0.25) is 0 Å². The molecule has 1 saturated heterocycles. The van der Waals surface area contributed by atoms with E-state index in [1.807, 2.05) is 36.2 Å². The van der Waals surface area contributed by atoms with Crippen molar-refractivity contribution in [1.82, 2.24) is 19.8 Å². The smallest absolute Gasteiger partial charge is 0.227 e. The number of likely N-dealkylation sites (N-methyl/N-ethyl adjacent to an activating group) is 1. The van der Waals surface area contributed by atoms with Gasteiger partial charge >= 0.3 is 0 Å². The lowest BCUT2D eigenvalue weighted by Gasteiger charge is -2.24. The van der Waals surface area contributed by atoms with E-state index in [4.69, 9.17) is 9.15 Å². The summed E-state index contributed by atoms with van der Waals surface area (Å²) in [5, 5.41) is 1.04. The summed E-state index contributed by atoms with van der Waals surface area (Å²) in [4.78, 5) is 24.6. The molecule has 3 heterocycles. The molecule has 1 aliphatic heterocycles. The van der Waals surface area contributed by atoms with Crippen LogP contribution in [0.4, 0.5) is 0 Å². The SMILES string of the molecule is COc1ccc2[nH]cc(CC(=O)N3CCC(N(C)Cc4ncoc4C)C3)c2c1. The predicted molar refractivity (Wildman–Crippen MR) is 106 cm³/mol. The molecule has 1 amide bonds. The zero-order valence-electron chi connectivity index (χ0n) is 16.6. The number of H-pyrrole nitrogens is 1. The molecule has 3 aromatic rings. The van der Waals surface area contributed by atoms with Crippen molar-refractivity contribution in [2.45, 2.75) is 32.4 Å². The van der Waals surface area contributed by atoms with Crippen molar-refractivity contribution in [2.24, 2.45) is 0 Å². The van der Waals surface area contributed by atoms with Crippen LogP contribution in [0, 0.1) is 6.92 Å². The van der Waals surface area contributed by atoms with E-state index in [0.29, 0.717) is 12.5 Å². The lowest BCUT2D eigenvalue weighted by atomic mass is 10.1. The Bertz CT molecular complexity index is 977. The summed E-state index contributed by atoms with van der Waals surface area (Å²) in [6, 6.07) is 6.22. The van der Waals surface area contributed by atoms with Crippen LogP contribution >= 0.6 is 0 Å². The van der Waals surface area contributed by atoms with Crippen LogP contribution in [-0.4, -0.2) is 59.0 Å². The second-order valence-corrected chi connectivity index (χ2v) is 7.45. The zero-order chi connectivity index (χ0) is 19.7. The largest absolute Gasteiger partial charge is 0.497 e. The minimum Gasteiger partial charge on any atom is -0.497 e. The molecule has 1 unspecified atom stereocenters. The number of methoxy groups -OCH3 is 1. The molecule has 1 fully saturated rings. The Labute approximate surface area is 164 Å². The molecule has 0 spiro atoms. The number of hydrogen-bond donors (Lipinski definition) is 1. The molecule has 1 atom stereocenters. The highest BCUT2D eigenvalue weighted by molar-refractivity contribution is 5.89. The van der Waals surface area contributed by atoms with Gasteiger partial charge in [-0.25, -0.2) is 4.98 Å². The van der Waals surface area contributed by atoms with Crippen LogP contribution in [0.1, 0.15) is 23.4 Å². The van der Waals surface area contributed by atoms with Crippen LogP contribution in [-0.2, 0) is 17.8 Å². The third-order valence-electron chi connectivity index (χ3n) is 5.70. The Kier molecular flexibility index (Phi) is 5.09. The average molecular weight is 382 g/mol. The predicted octanol–water partition coefficient (Wildman–Crippen LogP) is 2.75. The van der Waals surface area contributed by atoms with Gasteiger partial charge in [0.2, 0.25) is 5.91 Å². The number of rotatable bonds is 6. The molecule has 7 heteroatoms. The van der Waals surface area contributed by atoms with Gasteiger partial charge in [-0.05, 0) is 44.2 Å². The number of ether oxygens (including phenoxy) is 1. The molecule has 1 N–H and O–H groups in total. The number of hydrogen-bond acceptors (Lipinski definition) is 5. The molecule has 0 bridgehead atoms. The number of aromatic amines is 1. The molecule has 0 aliphatic carbocycles. The lowest BCUT2D eigenvalue weighted by Crippen LogP contribution is -2.36. The molecule has 1 aliphatic rings. The average Bonchev–Trinajstić information content (AvgIpc) is 3.42. The summed E-state index contributed by atoms with van der Waals surface area (Å²) < 4.78 is 10.6. The second-order valence-electron chi connectivity index (χ2n) is 7.45. The minimum atomic E-state index is 0.164. The Balaban J connectivity index is 1.39. The second kappa shape index (κ2) is 7.67. The number of carbonyl (C=O) groups excluding carboxylic acids is 1. The molecule has 0 saturated carbocycles. The van der Waals surface area contributed by atoms with Crippen LogP contribution in [0.15, 0.2) is 35.2 Å². The summed E-state index contributed by atoms with van der Waals surface area (Å²) in [7, 11) is 3.73. The standard InChI is InChI=1S/C21H26N4O3/c1-14-20(23-13-28-14)12-24(2)16-6-7-25(11-16)21(26)8-15-10-22-19-5-4-17(27-3)9-18(15)19/h4-5,9-10,13,16,22H,6-8,11-12H2,1-3H3. The zero-order valence-corrected chi connectivity index (χ0v) is 16.6. The molecular weight excluding hydrogens is 356 g/mol. The van der Waals surface area contributed by atoms with Crippen molar-refractivity contribution in [3.8, 4) is 5.75 Å². The number of aromatic nitrogens is 2. The number of oxazole rings is 1. The molecule has 4 rings (SSSR count). The van der Waals surface area contributed by atoms with E-state index < -0.39 is 0 Å². The number of aryl methyl sites for hydroxylation is 1.